The third-order valence-electron chi connectivity index (χ3n) is 2.96. The van der Waals surface area contributed by atoms with Gasteiger partial charge in [0, 0.05) is 24.0 Å². The fourth-order valence-electron chi connectivity index (χ4n) is 2.12. The Labute approximate surface area is 103 Å². The Morgan fingerprint density at radius 1 is 1.11 bits per heavy atom. The molecule has 0 fully saturated rings. The normalized spacial score (nSPS) is 13.1. The third-order valence-corrected chi connectivity index (χ3v) is 2.96. The molecule has 5 nitrogen and oxygen atoms in total. The highest BCUT2D eigenvalue weighted by atomic mass is 16.7. The summed E-state index contributed by atoms with van der Waals surface area (Å²) in [5.74, 6) is 2.32. The Morgan fingerprint density at radius 3 is 2.83 bits per heavy atom. The molecule has 0 atom stereocenters. The number of benzene rings is 1. The predicted octanol–water partition coefficient (Wildman–Crippen LogP) is 2.15. The summed E-state index contributed by atoms with van der Waals surface area (Å²) in [6, 6.07) is 7.73. The number of rotatable bonds is 1. The highest BCUT2D eigenvalue weighted by Crippen LogP contribution is 2.37. The van der Waals surface area contributed by atoms with Crippen LogP contribution >= 0.6 is 0 Å². The minimum atomic E-state index is 0.274. The first-order valence-corrected chi connectivity index (χ1v) is 5.60. The Hall–Kier alpha value is -2.56. The molecule has 0 N–H and O–H groups in total. The van der Waals surface area contributed by atoms with Gasteiger partial charge in [-0.3, -0.25) is 0 Å². The summed E-state index contributed by atoms with van der Waals surface area (Å²) in [4.78, 5) is 4.38. The van der Waals surface area contributed by atoms with E-state index in [1.807, 2.05) is 30.5 Å². The van der Waals surface area contributed by atoms with Crippen molar-refractivity contribution >= 4 is 10.8 Å². The van der Waals surface area contributed by atoms with Gasteiger partial charge in [0.05, 0.1) is 0 Å². The molecule has 0 radical (unpaired) electrons. The minimum absolute atomic E-state index is 0.274. The van der Waals surface area contributed by atoms with Crippen molar-refractivity contribution in [3.63, 3.8) is 0 Å². The molecular formula is C13H9N3O2. The Kier molecular flexibility index (Phi) is 1.82. The van der Waals surface area contributed by atoms with E-state index < -0.39 is 0 Å². The maximum Gasteiger partial charge on any atom is 0.231 e. The van der Waals surface area contributed by atoms with Crippen molar-refractivity contribution in [3.8, 4) is 17.3 Å². The van der Waals surface area contributed by atoms with Gasteiger partial charge in [-0.25, -0.2) is 9.67 Å². The molecule has 2 aromatic heterocycles. The van der Waals surface area contributed by atoms with E-state index in [1.54, 1.807) is 17.1 Å². The monoisotopic (exact) mass is 239 g/mol. The second-order valence-corrected chi connectivity index (χ2v) is 4.01. The molecule has 0 spiro atoms. The Balaban J connectivity index is 2.04. The summed E-state index contributed by atoms with van der Waals surface area (Å²) < 4.78 is 12.5. The quantitative estimate of drug-likeness (QED) is 0.652. The van der Waals surface area contributed by atoms with Crippen molar-refractivity contribution < 1.29 is 9.47 Å². The van der Waals surface area contributed by atoms with E-state index in [-0.39, 0.29) is 6.79 Å². The molecule has 0 bridgehead atoms. The zero-order valence-electron chi connectivity index (χ0n) is 9.41. The second kappa shape index (κ2) is 3.46. The van der Waals surface area contributed by atoms with Crippen molar-refractivity contribution in [2.45, 2.75) is 0 Å². The van der Waals surface area contributed by atoms with Gasteiger partial charge in [0.1, 0.15) is 0 Å². The molecule has 0 saturated heterocycles. The van der Waals surface area contributed by atoms with Gasteiger partial charge in [0.25, 0.3) is 0 Å². The molecule has 0 unspecified atom stereocenters. The first kappa shape index (κ1) is 9.47. The van der Waals surface area contributed by atoms with Crippen LogP contribution in [0.4, 0.5) is 0 Å². The number of aromatic nitrogens is 3. The van der Waals surface area contributed by atoms with E-state index in [4.69, 9.17) is 9.47 Å². The van der Waals surface area contributed by atoms with Crippen LogP contribution in [0.3, 0.4) is 0 Å². The third kappa shape index (κ3) is 1.27. The van der Waals surface area contributed by atoms with E-state index in [0.29, 0.717) is 0 Å². The fraction of sp³-hybridized carbons (Fsp3) is 0.0769. The number of fused-ring (bicyclic) bond motifs is 2. The van der Waals surface area contributed by atoms with E-state index in [1.165, 1.54) is 0 Å². The number of hydrogen-bond donors (Lipinski definition) is 0. The van der Waals surface area contributed by atoms with E-state index in [2.05, 4.69) is 10.1 Å². The molecule has 1 aliphatic heterocycles. The predicted molar refractivity (Wildman–Crippen MR) is 65.0 cm³/mol. The largest absolute Gasteiger partial charge is 0.454 e. The molecule has 5 heteroatoms. The first-order valence-electron chi connectivity index (χ1n) is 5.60. The lowest BCUT2D eigenvalue weighted by atomic mass is 10.1. The number of pyridine rings is 1. The summed E-state index contributed by atoms with van der Waals surface area (Å²) in [6.45, 7) is 0.274. The van der Waals surface area contributed by atoms with E-state index >= 15 is 0 Å². The van der Waals surface area contributed by atoms with Crippen LogP contribution in [0.25, 0.3) is 16.6 Å². The molecule has 0 amide bonds. The van der Waals surface area contributed by atoms with Crippen LogP contribution in [0.15, 0.2) is 42.9 Å². The SMILES string of the molecule is c1cnn(-c2nccc3cc4c(cc23)OCO4)c1. The van der Waals surface area contributed by atoms with Crippen LogP contribution in [-0.2, 0) is 0 Å². The van der Waals surface area contributed by atoms with Crippen LogP contribution in [-0.4, -0.2) is 21.6 Å². The van der Waals surface area contributed by atoms with Crippen LogP contribution in [0.5, 0.6) is 11.5 Å². The van der Waals surface area contributed by atoms with Gasteiger partial charge < -0.3 is 9.47 Å². The molecule has 1 aliphatic rings. The maximum absolute atomic E-state index is 5.40. The van der Waals surface area contributed by atoms with Gasteiger partial charge >= 0.3 is 0 Å². The molecule has 1 aromatic carbocycles. The molecule has 4 rings (SSSR count). The van der Waals surface area contributed by atoms with Crippen LogP contribution in [0.1, 0.15) is 0 Å². The van der Waals surface area contributed by atoms with Crippen molar-refractivity contribution in [1.29, 1.82) is 0 Å². The second-order valence-electron chi connectivity index (χ2n) is 4.01. The van der Waals surface area contributed by atoms with Gasteiger partial charge in [-0.05, 0) is 29.7 Å². The molecule has 18 heavy (non-hydrogen) atoms. The average molecular weight is 239 g/mol. The molecule has 0 saturated carbocycles. The van der Waals surface area contributed by atoms with Crippen molar-refractivity contribution in [2.75, 3.05) is 6.79 Å². The van der Waals surface area contributed by atoms with Crippen LogP contribution < -0.4 is 9.47 Å². The standard InChI is InChI=1S/C13H9N3O2/c1-3-15-16(5-1)13-10-7-12-11(17-8-18-12)6-9(10)2-4-14-13/h1-7H,8H2. The lowest BCUT2D eigenvalue weighted by Gasteiger charge is -2.06. The summed E-state index contributed by atoms with van der Waals surface area (Å²) in [5, 5.41) is 6.26. The lowest BCUT2D eigenvalue weighted by Crippen LogP contribution is -1.98. The van der Waals surface area contributed by atoms with Gasteiger partial charge in [-0.1, -0.05) is 0 Å². The van der Waals surface area contributed by atoms with Crippen LogP contribution in [0.2, 0.25) is 0 Å². The number of ether oxygens (including phenoxy) is 2. The number of nitrogens with zero attached hydrogens (tertiary/aromatic N) is 3. The van der Waals surface area contributed by atoms with E-state index in [0.717, 1.165) is 28.1 Å². The molecular weight excluding hydrogens is 230 g/mol. The first-order chi connectivity index (χ1) is 8.92. The zero-order chi connectivity index (χ0) is 11.9. The Bertz CT molecular complexity index is 722. The van der Waals surface area contributed by atoms with Crippen molar-refractivity contribution in [3.05, 3.63) is 42.9 Å². The number of hydrogen-bond acceptors (Lipinski definition) is 4. The van der Waals surface area contributed by atoms with Crippen LogP contribution in [0, 0.1) is 0 Å². The maximum atomic E-state index is 5.40. The van der Waals surface area contributed by atoms with Gasteiger partial charge in [-0.15, -0.1) is 0 Å². The van der Waals surface area contributed by atoms with E-state index in [9.17, 15) is 0 Å². The van der Waals surface area contributed by atoms with Gasteiger partial charge in [0.2, 0.25) is 6.79 Å². The molecule has 3 heterocycles. The van der Waals surface area contributed by atoms with Gasteiger partial charge in [0.15, 0.2) is 17.3 Å². The minimum Gasteiger partial charge on any atom is -0.454 e. The highest BCUT2D eigenvalue weighted by molar-refractivity contribution is 5.91. The summed E-state index contributed by atoms with van der Waals surface area (Å²) in [7, 11) is 0. The molecule has 88 valence electrons. The summed E-state index contributed by atoms with van der Waals surface area (Å²) in [5.41, 5.74) is 0. The smallest absolute Gasteiger partial charge is 0.231 e. The zero-order valence-corrected chi connectivity index (χ0v) is 9.41. The fourth-order valence-corrected chi connectivity index (χ4v) is 2.12. The summed E-state index contributed by atoms with van der Waals surface area (Å²) >= 11 is 0. The van der Waals surface area contributed by atoms with Crippen molar-refractivity contribution in [1.82, 2.24) is 14.8 Å². The average Bonchev–Trinajstić information content (AvgIpc) is 3.06. The van der Waals surface area contributed by atoms with Gasteiger partial charge in [-0.2, -0.15) is 5.10 Å². The molecule has 3 aromatic rings. The highest BCUT2D eigenvalue weighted by Gasteiger charge is 2.16. The molecule has 0 aliphatic carbocycles. The Morgan fingerprint density at radius 2 is 2.00 bits per heavy atom. The topological polar surface area (TPSA) is 49.2 Å². The lowest BCUT2D eigenvalue weighted by molar-refractivity contribution is 0.174. The van der Waals surface area contributed by atoms with Crippen molar-refractivity contribution in [2.24, 2.45) is 0 Å². The summed E-state index contributed by atoms with van der Waals surface area (Å²) in [6.07, 6.45) is 5.36.